The lowest BCUT2D eigenvalue weighted by Crippen LogP contribution is -2.09. The molecule has 0 atom stereocenters. The number of hydrogen-bond acceptors (Lipinski definition) is 2. The normalized spacial score (nSPS) is 11.5. The van der Waals surface area contributed by atoms with E-state index < -0.39 is 17.7 Å². The molecule has 88 valence electrons. The second kappa shape index (κ2) is 4.78. The highest BCUT2D eigenvalue weighted by Gasteiger charge is 2.31. The minimum atomic E-state index is -4.51. The van der Waals surface area contributed by atoms with Gasteiger partial charge in [-0.1, -0.05) is 6.07 Å². The van der Waals surface area contributed by atoms with Gasteiger partial charge in [0.25, 0.3) is 0 Å². The number of thioether (sulfide) groups is 1. The zero-order chi connectivity index (χ0) is 12.3. The zero-order valence-electron chi connectivity index (χ0n) is 8.34. The van der Waals surface area contributed by atoms with Crippen molar-refractivity contribution < 1.29 is 23.1 Å². The molecule has 0 aromatic heterocycles. The summed E-state index contributed by atoms with van der Waals surface area (Å²) in [6.07, 6.45) is -2.76. The Morgan fingerprint density at radius 1 is 1.44 bits per heavy atom. The molecule has 0 fully saturated rings. The Morgan fingerprint density at radius 3 is 2.50 bits per heavy atom. The Labute approximate surface area is 94.5 Å². The molecule has 0 bridgehead atoms. The van der Waals surface area contributed by atoms with Gasteiger partial charge in [0.1, 0.15) is 0 Å². The first-order chi connectivity index (χ1) is 7.36. The topological polar surface area (TPSA) is 37.3 Å². The van der Waals surface area contributed by atoms with Gasteiger partial charge in [0.2, 0.25) is 0 Å². The van der Waals surface area contributed by atoms with E-state index in [0.717, 1.165) is 6.07 Å². The Balaban J connectivity index is 3.23. The molecule has 1 aromatic rings. The third-order valence-corrected chi connectivity index (χ3v) is 2.57. The van der Waals surface area contributed by atoms with Crippen LogP contribution < -0.4 is 0 Å². The first-order valence-electron chi connectivity index (χ1n) is 4.28. The van der Waals surface area contributed by atoms with Crippen LogP contribution in [0.2, 0.25) is 0 Å². The molecule has 1 aromatic carbocycles. The molecule has 6 heteroatoms. The number of carboxylic acids is 1. The van der Waals surface area contributed by atoms with Crippen LogP contribution in [0.25, 0.3) is 0 Å². The molecule has 0 heterocycles. The predicted octanol–water partition coefficient (Wildman–Crippen LogP) is 3.27. The number of carbonyl (C=O) groups is 1. The molecule has 1 rings (SSSR count). The quantitative estimate of drug-likeness (QED) is 0.894. The molecule has 0 saturated carbocycles. The SMILES string of the molecule is CSCc1ccc(C(F)(F)F)cc1C(=O)O. The molecule has 0 unspecified atom stereocenters. The summed E-state index contributed by atoms with van der Waals surface area (Å²) in [5.74, 6) is -0.963. The van der Waals surface area contributed by atoms with Crippen molar-refractivity contribution in [3.05, 3.63) is 34.9 Å². The maximum Gasteiger partial charge on any atom is 0.416 e. The number of hydrogen-bond donors (Lipinski definition) is 1. The molecule has 0 aliphatic carbocycles. The Hall–Kier alpha value is -1.17. The van der Waals surface area contributed by atoms with Crippen LogP contribution in [0, 0.1) is 0 Å². The van der Waals surface area contributed by atoms with Crippen molar-refractivity contribution in [2.45, 2.75) is 11.9 Å². The van der Waals surface area contributed by atoms with Gasteiger partial charge >= 0.3 is 12.1 Å². The summed E-state index contributed by atoms with van der Waals surface area (Å²) in [5.41, 5.74) is -0.827. The minimum Gasteiger partial charge on any atom is -0.478 e. The molecule has 0 aliphatic rings. The highest BCUT2D eigenvalue weighted by Crippen LogP contribution is 2.31. The van der Waals surface area contributed by atoms with Crippen molar-refractivity contribution >= 4 is 17.7 Å². The molecule has 0 aliphatic heterocycles. The first kappa shape index (κ1) is 12.9. The van der Waals surface area contributed by atoms with E-state index in [4.69, 9.17) is 5.11 Å². The van der Waals surface area contributed by atoms with Gasteiger partial charge in [-0.25, -0.2) is 4.79 Å². The monoisotopic (exact) mass is 250 g/mol. The third-order valence-electron chi connectivity index (χ3n) is 1.97. The number of halogens is 3. The average molecular weight is 250 g/mol. The molecule has 0 radical (unpaired) electrons. The lowest BCUT2D eigenvalue weighted by molar-refractivity contribution is -0.137. The van der Waals surface area contributed by atoms with Gasteiger partial charge < -0.3 is 5.11 Å². The molecule has 0 saturated heterocycles. The van der Waals surface area contributed by atoms with Crippen molar-refractivity contribution in [2.75, 3.05) is 6.26 Å². The van der Waals surface area contributed by atoms with Gasteiger partial charge in [0.15, 0.2) is 0 Å². The van der Waals surface area contributed by atoms with Crippen LogP contribution in [-0.4, -0.2) is 17.3 Å². The summed E-state index contributed by atoms with van der Waals surface area (Å²) < 4.78 is 37.1. The predicted molar refractivity (Wildman–Crippen MR) is 55.6 cm³/mol. The van der Waals surface area contributed by atoms with E-state index >= 15 is 0 Å². The van der Waals surface area contributed by atoms with Gasteiger partial charge in [-0.05, 0) is 24.0 Å². The zero-order valence-corrected chi connectivity index (χ0v) is 9.15. The second-order valence-electron chi connectivity index (χ2n) is 3.11. The maximum absolute atomic E-state index is 12.4. The maximum atomic E-state index is 12.4. The van der Waals surface area contributed by atoms with Crippen LogP contribution in [0.15, 0.2) is 18.2 Å². The number of carboxylic acid groups (broad SMARTS) is 1. The van der Waals surface area contributed by atoms with E-state index in [1.807, 2.05) is 0 Å². The molecule has 0 spiro atoms. The van der Waals surface area contributed by atoms with Gasteiger partial charge in [-0.3, -0.25) is 0 Å². The highest BCUT2D eigenvalue weighted by molar-refractivity contribution is 7.97. The van der Waals surface area contributed by atoms with Gasteiger partial charge in [0, 0.05) is 5.75 Å². The molecule has 1 N–H and O–H groups in total. The molecule has 2 nitrogen and oxygen atoms in total. The standard InChI is InChI=1S/C10H9F3O2S/c1-16-5-6-2-3-7(10(11,12)13)4-8(6)9(14)15/h2-4H,5H2,1H3,(H,14,15). The average Bonchev–Trinajstić information content (AvgIpc) is 2.16. The molecule has 16 heavy (non-hydrogen) atoms. The van der Waals surface area contributed by atoms with Crippen LogP contribution in [0.5, 0.6) is 0 Å². The van der Waals surface area contributed by atoms with Gasteiger partial charge in [-0.2, -0.15) is 24.9 Å². The summed E-state index contributed by atoms with van der Waals surface area (Å²) in [5, 5.41) is 8.81. The summed E-state index contributed by atoms with van der Waals surface area (Å²) in [4.78, 5) is 10.8. The minimum absolute atomic E-state index is 0.288. The van der Waals surface area contributed by atoms with Crippen molar-refractivity contribution in [1.29, 1.82) is 0 Å². The summed E-state index contributed by atoms with van der Waals surface area (Å²) in [7, 11) is 0. The molecular formula is C10H9F3O2S. The fourth-order valence-corrected chi connectivity index (χ4v) is 1.80. The molecule has 0 amide bonds. The van der Waals surface area contributed by atoms with Crippen molar-refractivity contribution in [2.24, 2.45) is 0 Å². The number of aromatic carboxylic acids is 1. The third kappa shape index (κ3) is 2.91. The summed E-state index contributed by atoms with van der Waals surface area (Å²) in [6, 6.07) is 2.79. The van der Waals surface area contributed by atoms with Gasteiger partial charge in [0.05, 0.1) is 11.1 Å². The van der Waals surface area contributed by atoms with E-state index in [2.05, 4.69) is 0 Å². The van der Waals surface area contributed by atoms with Crippen molar-refractivity contribution in [1.82, 2.24) is 0 Å². The number of rotatable bonds is 3. The second-order valence-corrected chi connectivity index (χ2v) is 3.97. The van der Waals surface area contributed by atoms with Crippen molar-refractivity contribution in [3.8, 4) is 0 Å². The van der Waals surface area contributed by atoms with Gasteiger partial charge in [-0.15, -0.1) is 0 Å². The van der Waals surface area contributed by atoms with Crippen LogP contribution >= 0.6 is 11.8 Å². The Kier molecular flexibility index (Phi) is 3.85. The smallest absolute Gasteiger partial charge is 0.416 e. The van der Waals surface area contributed by atoms with E-state index in [1.165, 1.54) is 17.8 Å². The van der Waals surface area contributed by atoms with E-state index in [9.17, 15) is 18.0 Å². The van der Waals surface area contributed by atoms with Crippen LogP contribution in [0.3, 0.4) is 0 Å². The largest absolute Gasteiger partial charge is 0.478 e. The lowest BCUT2D eigenvalue weighted by atomic mass is 10.0. The lowest BCUT2D eigenvalue weighted by Gasteiger charge is -2.10. The van der Waals surface area contributed by atoms with Crippen molar-refractivity contribution in [3.63, 3.8) is 0 Å². The number of benzene rings is 1. The van der Waals surface area contributed by atoms with Crippen LogP contribution in [0.4, 0.5) is 13.2 Å². The Bertz CT molecular complexity index is 402. The number of alkyl halides is 3. The Morgan fingerprint density at radius 2 is 2.06 bits per heavy atom. The van der Waals surface area contributed by atoms with Crippen LogP contribution in [0.1, 0.15) is 21.5 Å². The fourth-order valence-electron chi connectivity index (χ4n) is 1.23. The molecular weight excluding hydrogens is 241 g/mol. The summed E-state index contributed by atoms with van der Waals surface area (Å²) >= 11 is 1.36. The first-order valence-corrected chi connectivity index (χ1v) is 5.68. The van der Waals surface area contributed by atoms with E-state index in [1.54, 1.807) is 6.26 Å². The van der Waals surface area contributed by atoms with E-state index in [0.29, 0.717) is 17.4 Å². The summed E-state index contributed by atoms with van der Waals surface area (Å²) in [6.45, 7) is 0. The van der Waals surface area contributed by atoms with Crippen LogP contribution in [-0.2, 0) is 11.9 Å². The highest BCUT2D eigenvalue weighted by atomic mass is 32.2. The van der Waals surface area contributed by atoms with E-state index in [-0.39, 0.29) is 5.56 Å². The fraction of sp³-hybridized carbons (Fsp3) is 0.300.